The van der Waals surface area contributed by atoms with Gasteiger partial charge in [-0.05, 0) is 12.0 Å². The van der Waals surface area contributed by atoms with Gasteiger partial charge in [0, 0.05) is 12.1 Å². The highest BCUT2D eigenvalue weighted by atomic mass is 32.2. The number of hydrogen-bond acceptors (Lipinski definition) is 6. The number of benzene rings is 2. The van der Waals surface area contributed by atoms with Crippen LogP contribution in [0.5, 0.6) is 17.2 Å². The van der Waals surface area contributed by atoms with Crippen molar-refractivity contribution in [2.45, 2.75) is 17.4 Å². The summed E-state index contributed by atoms with van der Waals surface area (Å²) in [5.74, 6) is -1.01. The molecule has 0 radical (unpaired) electrons. The fraction of sp³-hybridized carbons (Fsp3) is 0.278. The Morgan fingerprint density at radius 3 is 2.04 bits per heavy atom. The largest absolute Gasteiger partial charge is 0.496 e. The smallest absolute Gasteiger partial charge is 0.322 e. The van der Waals surface area contributed by atoms with E-state index < -0.39 is 22.0 Å². The van der Waals surface area contributed by atoms with Gasteiger partial charge in [-0.25, -0.2) is 8.42 Å². The van der Waals surface area contributed by atoms with Crippen LogP contribution in [-0.4, -0.2) is 46.9 Å². The molecule has 8 nitrogen and oxygen atoms in total. The van der Waals surface area contributed by atoms with Crippen molar-refractivity contribution in [2.75, 3.05) is 21.3 Å². The summed E-state index contributed by atoms with van der Waals surface area (Å²) in [7, 11) is -0.259. The minimum absolute atomic E-state index is 0.0177. The van der Waals surface area contributed by atoms with Crippen LogP contribution in [0.3, 0.4) is 0 Å². The molecule has 0 saturated heterocycles. The molecule has 2 aromatic rings. The van der Waals surface area contributed by atoms with Crippen molar-refractivity contribution in [1.82, 2.24) is 4.72 Å². The average molecular weight is 395 g/mol. The fourth-order valence-corrected chi connectivity index (χ4v) is 4.00. The number of hydrogen-bond donors (Lipinski definition) is 2. The summed E-state index contributed by atoms with van der Waals surface area (Å²) < 4.78 is 43.5. The minimum Gasteiger partial charge on any atom is -0.496 e. The maximum atomic E-state index is 12.9. The van der Waals surface area contributed by atoms with Crippen LogP contribution in [0.2, 0.25) is 0 Å². The maximum absolute atomic E-state index is 12.9. The van der Waals surface area contributed by atoms with E-state index in [2.05, 4.69) is 4.72 Å². The standard InChI is InChI=1S/C18H21NO7S/c1-24-13-10-15(25-2)17(16(11-13)26-3)27(22,23)19-14(18(20)21)9-12-7-5-4-6-8-12/h4-8,10-11,14,19H,9H2,1-3H3,(H,20,21)/t14-/m0/s1. The molecule has 0 aliphatic carbocycles. The topological polar surface area (TPSA) is 111 Å². The lowest BCUT2D eigenvalue weighted by Gasteiger charge is -2.19. The molecule has 2 rings (SSSR count). The lowest BCUT2D eigenvalue weighted by atomic mass is 10.1. The van der Waals surface area contributed by atoms with Gasteiger partial charge in [0.2, 0.25) is 10.0 Å². The number of carboxylic acids is 1. The van der Waals surface area contributed by atoms with Crippen LogP contribution in [0.15, 0.2) is 47.4 Å². The summed E-state index contributed by atoms with van der Waals surface area (Å²) >= 11 is 0. The Bertz CT molecular complexity index is 872. The Labute approximate surface area is 157 Å². The molecule has 27 heavy (non-hydrogen) atoms. The van der Waals surface area contributed by atoms with E-state index in [0.29, 0.717) is 11.3 Å². The summed E-state index contributed by atoms with van der Waals surface area (Å²) in [5.41, 5.74) is 0.682. The molecule has 0 aliphatic rings. The number of carboxylic acid groups (broad SMARTS) is 1. The summed E-state index contributed by atoms with van der Waals surface area (Å²) in [6, 6.07) is 10.1. The Morgan fingerprint density at radius 1 is 1.04 bits per heavy atom. The van der Waals surface area contributed by atoms with Crippen molar-refractivity contribution in [1.29, 1.82) is 0 Å². The monoisotopic (exact) mass is 395 g/mol. The normalized spacial score (nSPS) is 12.3. The van der Waals surface area contributed by atoms with Gasteiger partial charge in [0.25, 0.3) is 0 Å². The maximum Gasteiger partial charge on any atom is 0.322 e. The van der Waals surface area contributed by atoms with Gasteiger partial charge in [-0.2, -0.15) is 4.72 Å². The van der Waals surface area contributed by atoms with E-state index in [1.165, 1.54) is 33.5 Å². The Kier molecular flexibility index (Phi) is 6.65. The molecule has 9 heteroatoms. The molecule has 1 atom stereocenters. The zero-order chi connectivity index (χ0) is 20.0. The highest BCUT2D eigenvalue weighted by Gasteiger charge is 2.31. The quantitative estimate of drug-likeness (QED) is 0.664. The second-order valence-corrected chi connectivity index (χ2v) is 7.21. The Balaban J connectivity index is 2.43. The molecule has 0 bridgehead atoms. The SMILES string of the molecule is COc1cc(OC)c(S(=O)(=O)N[C@@H](Cc2ccccc2)C(=O)O)c(OC)c1. The third-order valence-electron chi connectivity index (χ3n) is 3.82. The number of methoxy groups -OCH3 is 3. The molecule has 0 spiro atoms. The van der Waals surface area contributed by atoms with E-state index in [0.717, 1.165) is 0 Å². The number of carbonyl (C=O) groups is 1. The zero-order valence-electron chi connectivity index (χ0n) is 15.1. The predicted octanol–water partition coefficient (Wildman–Crippen LogP) is 1.69. The number of nitrogens with one attached hydrogen (secondary N) is 1. The van der Waals surface area contributed by atoms with Crippen molar-refractivity contribution < 1.29 is 32.5 Å². The Morgan fingerprint density at radius 2 is 1.59 bits per heavy atom. The molecule has 146 valence electrons. The molecule has 0 amide bonds. The van der Waals surface area contributed by atoms with Gasteiger partial charge >= 0.3 is 5.97 Å². The molecule has 0 aliphatic heterocycles. The first kappa shape index (κ1) is 20.5. The summed E-state index contributed by atoms with van der Waals surface area (Å²) in [6.45, 7) is 0. The van der Waals surface area contributed by atoms with Gasteiger partial charge in [0.1, 0.15) is 23.3 Å². The van der Waals surface area contributed by atoms with Crippen molar-refractivity contribution in [3.05, 3.63) is 48.0 Å². The number of sulfonamides is 1. The lowest BCUT2D eigenvalue weighted by molar-refractivity contribution is -0.138. The second kappa shape index (κ2) is 8.74. The number of ether oxygens (including phenoxy) is 3. The first-order chi connectivity index (χ1) is 12.8. The van der Waals surface area contributed by atoms with Crippen LogP contribution in [0, 0.1) is 0 Å². The number of rotatable bonds is 9. The van der Waals surface area contributed by atoms with Gasteiger partial charge in [0.05, 0.1) is 21.3 Å². The van der Waals surface area contributed by atoms with Crippen LogP contribution in [0.4, 0.5) is 0 Å². The van der Waals surface area contributed by atoms with Crippen LogP contribution >= 0.6 is 0 Å². The molecule has 2 N–H and O–H groups in total. The van der Waals surface area contributed by atoms with Gasteiger partial charge in [-0.1, -0.05) is 30.3 Å². The molecular weight excluding hydrogens is 374 g/mol. The average Bonchev–Trinajstić information content (AvgIpc) is 2.66. The van der Waals surface area contributed by atoms with Gasteiger partial charge in [-0.3, -0.25) is 4.79 Å². The first-order valence-electron chi connectivity index (χ1n) is 7.91. The first-order valence-corrected chi connectivity index (χ1v) is 9.39. The van der Waals surface area contributed by atoms with Crippen molar-refractivity contribution in [2.24, 2.45) is 0 Å². The molecular formula is C18H21NO7S. The van der Waals surface area contributed by atoms with Crippen LogP contribution in [-0.2, 0) is 21.2 Å². The zero-order valence-corrected chi connectivity index (χ0v) is 15.9. The molecule has 0 heterocycles. The van der Waals surface area contributed by atoms with E-state index in [4.69, 9.17) is 14.2 Å². The predicted molar refractivity (Wildman–Crippen MR) is 98.0 cm³/mol. The highest BCUT2D eigenvalue weighted by Crippen LogP contribution is 2.37. The molecule has 0 aromatic heterocycles. The third-order valence-corrected chi connectivity index (χ3v) is 5.35. The van der Waals surface area contributed by atoms with E-state index in [1.54, 1.807) is 30.3 Å². The van der Waals surface area contributed by atoms with Crippen molar-refractivity contribution in [3.63, 3.8) is 0 Å². The van der Waals surface area contributed by atoms with Crippen LogP contribution < -0.4 is 18.9 Å². The van der Waals surface area contributed by atoms with Crippen LogP contribution in [0.25, 0.3) is 0 Å². The summed E-state index contributed by atoms with van der Waals surface area (Å²) in [6.07, 6.45) is -0.0177. The summed E-state index contributed by atoms with van der Waals surface area (Å²) in [5, 5.41) is 9.47. The number of aliphatic carboxylic acids is 1. The van der Waals surface area contributed by atoms with Crippen LogP contribution in [0.1, 0.15) is 5.56 Å². The second-order valence-electron chi connectivity index (χ2n) is 5.56. The van der Waals surface area contributed by atoms with E-state index >= 15 is 0 Å². The molecule has 0 unspecified atom stereocenters. The van der Waals surface area contributed by atoms with Gasteiger partial charge in [0.15, 0.2) is 4.90 Å². The Hall–Kier alpha value is -2.78. The van der Waals surface area contributed by atoms with E-state index in [-0.39, 0.29) is 22.8 Å². The summed E-state index contributed by atoms with van der Waals surface area (Å²) in [4.78, 5) is 11.3. The third kappa shape index (κ3) is 4.89. The van der Waals surface area contributed by atoms with Crippen molar-refractivity contribution in [3.8, 4) is 17.2 Å². The van der Waals surface area contributed by atoms with Gasteiger partial charge in [-0.15, -0.1) is 0 Å². The van der Waals surface area contributed by atoms with Gasteiger partial charge < -0.3 is 19.3 Å². The molecule has 2 aromatic carbocycles. The highest BCUT2D eigenvalue weighted by molar-refractivity contribution is 7.89. The van der Waals surface area contributed by atoms with Crippen molar-refractivity contribution >= 4 is 16.0 Å². The molecule has 0 fully saturated rings. The fourth-order valence-electron chi connectivity index (χ4n) is 2.51. The minimum atomic E-state index is -4.27. The lowest BCUT2D eigenvalue weighted by Crippen LogP contribution is -2.42. The molecule has 0 saturated carbocycles. The van der Waals surface area contributed by atoms with E-state index in [9.17, 15) is 18.3 Å². The van der Waals surface area contributed by atoms with E-state index in [1.807, 2.05) is 0 Å².